The van der Waals surface area contributed by atoms with Crippen LogP contribution in [0.4, 0.5) is 5.69 Å². The summed E-state index contributed by atoms with van der Waals surface area (Å²) in [5.74, 6) is -0.958. The van der Waals surface area contributed by atoms with Crippen molar-refractivity contribution in [1.82, 2.24) is 20.2 Å². The molecule has 3 aromatic rings. The van der Waals surface area contributed by atoms with Crippen molar-refractivity contribution in [3.63, 3.8) is 0 Å². The Kier molecular flexibility index (Phi) is 8.41. The summed E-state index contributed by atoms with van der Waals surface area (Å²) in [5, 5.41) is 6.14. The fraction of sp³-hybridized carbons (Fsp3) is 0.357. The van der Waals surface area contributed by atoms with Crippen LogP contribution in [-0.2, 0) is 6.42 Å². The predicted molar refractivity (Wildman–Crippen MR) is 144 cm³/mol. The van der Waals surface area contributed by atoms with Crippen LogP contribution in [0.2, 0.25) is 5.02 Å². The molecule has 2 aromatic carbocycles. The fourth-order valence-corrected chi connectivity index (χ4v) is 4.74. The number of halogens is 1. The van der Waals surface area contributed by atoms with E-state index in [9.17, 15) is 14.4 Å². The first-order valence-corrected chi connectivity index (χ1v) is 12.9. The number of Topliss-reactive ketones (excluding diaryl/α,β-unsaturated/α-hetero) is 1. The first-order valence-electron chi connectivity index (χ1n) is 12.5. The summed E-state index contributed by atoms with van der Waals surface area (Å²) in [5.41, 5.74) is 1.75. The van der Waals surface area contributed by atoms with Crippen molar-refractivity contribution in [3.8, 4) is 0 Å². The zero-order valence-corrected chi connectivity index (χ0v) is 21.9. The zero-order valence-electron chi connectivity index (χ0n) is 21.1. The topological polar surface area (TPSA) is 107 Å². The van der Waals surface area contributed by atoms with E-state index in [-0.39, 0.29) is 35.0 Å². The fourth-order valence-electron chi connectivity index (χ4n) is 4.50. The summed E-state index contributed by atoms with van der Waals surface area (Å²) in [6.07, 6.45) is 5.11. The van der Waals surface area contributed by atoms with E-state index in [2.05, 4.69) is 39.3 Å². The normalized spacial score (nSPS) is 14.2. The second-order valence-electron chi connectivity index (χ2n) is 9.90. The van der Waals surface area contributed by atoms with E-state index in [0.717, 1.165) is 18.7 Å². The molecular formula is C28H32ClN5O3. The number of piperidine rings is 1. The van der Waals surface area contributed by atoms with Gasteiger partial charge in [0.25, 0.3) is 11.8 Å². The number of carbonyl (C=O) groups excluding carboxylic acids is 3. The molecule has 37 heavy (non-hydrogen) atoms. The van der Waals surface area contributed by atoms with Crippen LogP contribution in [0.5, 0.6) is 0 Å². The molecule has 0 spiro atoms. The highest BCUT2D eigenvalue weighted by Gasteiger charge is 2.29. The molecule has 1 aliphatic heterocycles. The van der Waals surface area contributed by atoms with Crippen molar-refractivity contribution in [2.45, 2.75) is 45.1 Å². The summed E-state index contributed by atoms with van der Waals surface area (Å²) in [6, 6.07) is 13.9. The van der Waals surface area contributed by atoms with Crippen molar-refractivity contribution in [1.29, 1.82) is 0 Å². The van der Waals surface area contributed by atoms with Gasteiger partial charge in [-0.15, -0.1) is 0 Å². The molecule has 4 rings (SSSR count). The van der Waals surface area contributed by atoms with Gasteiger partial charge in [-0.2, -0.15) is 0 Å². The van der Waals surface area contributed by atoms with Gasteiger partial charge in [0.05, 0.1) is 11.3 Å². The summed E-state index contributed by atoms with van der Waals surface area (Å²) in [6.45, 7) is 6.73. The summed E-state index contributed by atoms with van der Waals surface area (Å²) in [7, 11) is 0. The van der Waals surface area contributed by atoms with E-state index in [4.69, 9.17) is 11.6 Å². The van der Waals surface area contributed by atoms with Gasteiger partial charge in [0.15, 0.2) is 11.5 Å². The lowest BCUT2D eigenvalue weighted by Crippen LogP contribution is -2.53. The lowest BCUT2D eigenvalue weighted by atomic mass is 9.98. The molecule has 0 unspecified atom stereocenters. The molecular weight excluding hydrogens is 490 g/mol. The number of aromatic amines is 1. The Morgan fingerprint density at radius 2 is 1.70 bits per heavy atom. The van der Waals surface area contributed by atoms with Gasteiger partial charge in [0, 0.05) is 29.8 Å². The van der Waals surface area contributed by atoms with Gasteiger partial charge in [0.2, 0.25) is 0 Å². The molecule has 2 amide bonds. The molecule has 8 nitrogen and oxygen atoms in total. The largest absolute Gasteiger partial charge is 0.349 e. The second-order valence-corrected chi connectivity index (χ2v) is 10.3. The average Bonchev–Trinajstić information content (AvgIpc) is 3.40. The van der Waals surface area contributed by atoms with Gasteiger partial charge >= 0.3 is 0 Å². The van der Waals surface area contributed by atoms with E-state index < -0.39 is 5.91 Å². The first-order chi connectivity index (χ1) is 17.7. The second kappa shape index (κ2) is 11.7. The van der Waals surface area contributed by atoms with Gasteiger partial charge in [-0.1, -0.05) is 42.3 Å². The summed E-state index contributed by atoms with van der Waals surface area (Å²) < 4.78 is 0. The van der Waals surface area contributed by atoms with Gasteiger partial charge in [-0.05, 0) is 69.6 Å². The Bertz CT molecular complexity index is 1260. The molecule has 194 valence electrons. The number of hydrogen-bond donors (Lipinski definition) is 3. The molecule has 9 heteroatoms. The van der Waals surface area contributed by atoms with Crippen molar-refractivity contribution in [2.24, 2.45) is 0 Å². The van der Waals surface area contributed by atoms with Gasteiger partial charge < -0.3 is 15.6 Å². The number of aromatic nitrogens is 2. The molecule has 0 bridgehead atoms. The van der Waals surface area contributed by atoms with Crippen LogP contribution in [-0.4, -0.2) is 57.6 Å². The first kappa shape index (κ1) is 26.6. The van der Waals surface area contributed by atoms with Crippen LogP contribution in [0.15, 0.2) is 54.9 Å². The standard InChI is InChI=1S/C28H32ClN5O3/c1-28(2,34-14-6-3-7-15-34)17-30-26(36)24-25(32-18-31-24)27(37)33-20-12-10-19(11-13-20)16-23(35)21-8-4-5-9-22(21)29/h4-5,8-13,18H,3,6-7,14-17H2,1-2H3,(H,30,36)(H,31,32)(H,33,37). The van der Waals surface area contributed by atoms with Crippen molar-refractivity contribution in [3.05, 3.63) is 82.4 Å². The minimum absolute atomic E-state index is 0.0197. The molecule has 1 aromatic heterocycles. The molecule has 0 aliphatic carbocycles. The number of nitrogens with one attached hydrogen (secondary N) is 3. The van der Waals surface area contributed by atoms with Gasteiger partial charge in [-0.25, -0.2) is 4.98 Å². The third-order valence-corrected chi connectivity index (χ3v) is 7.06. The number of benzene rings is 2. The SMILES string of the molecule is CC(C)(CNC(=O)c1[nH]cnc1C(=O)Nc1ccc(CC(=O)c2ccccc2Cl)cc1)N1CCCCC1. The summed E-state index contributed by atoms with van der Waals surface area (Å²) >= 11 is 6.12. The van der Waals surface area contributed by atoms with E-state index in [1.165, 1.54) is 25.6 Å². The number of H-pyrrole nitrogens is 1. The quantitative estimate of drug-likeness (QED) is 0.353. The Labute approximate surface area is 221 Å². The number of rotatable bonds is 9. The Morgan fingerprint density at radius 3 is 2.41 bits per heavy atom. The minimum Gasteiger partial charge on any atom is -0.349 e. The highest BCUT2D eigenvalue weighted by atomic mass is 35.5. The van der Waals surface area contributed by atoms with Crippen molar-refractivity contribution in [2.75, 3.05) is 25.0 Å². The molecule has 0 radical (unpaired) electrons. The van der Waals surface area contributed by atoms with Crippen molar-refractivity contribution >= 4 is 34.9 Å². The Hall–Kier alpha value is -3.49. The lowest BCUT2D eigenvalue weighted by molar-refractivity contribution is 0.0792. The van der Waals surface area contributed by atoms with Gasteiger partial charge in [-0.3, -0.25) is 19.3 Å². The van der Waals surface area contributed by atoms with E-state index in [0.29, 0.717) is 22.8 Å². The van der Waals surface area contributed by atoms with E-state index >= 15 is 0 Å². The molecule has 1 aliphatic rings. The van der Waals surface area contributed by atoms with Crippen LogP contribution < -0.4 is 10.6 Å². The Morgan fingerprint density at radius 1 is 1.00 bits per heavy atom. The maximum atomic E-state index is 12.9. The number of hydrogen-bond acceptors (Lipinski definition) is 5. The number of amides is 2. The van der Waals surface area contributed by atoms with Gasteiger partial charge in [0.1, 0.15) is 5.69 Å². The number of ketones is 1. The summed E-state index contributed by atoms with van der Waals surface area (Å²) in [4.78, 5) is 47.6. The number of imidazole rings is 1. The zero-order chi connectivity index (χ0) is 26.4. The number of likely N-dealkylation sites (tertiary alicyclic amines) is 1. The van der Waals surface area contributed by atoms with E-state index in [1.54, 1.807) is 48.5 Å². The van der Waals surface area contributed by atoms with E-state index in [1.807, 2.05) is 0 Å². The van der Waals surface area contributed by atoms with Crippen LogP contribution in [0.3, 0.4) is 0 Å². The highest BCUT2D eigenvalue weighted by molar-refractivity contribution is 6.34. The number of anilines is 1. The molecule has 3 N–H and O–H groups in total. The third kappa shape index (κ3) is 6.64. The number of carbonyl (C=O) groups is 3. The van der Waals surface area contributed by atoms with Crippen LogP contribution >= 0.6 is 11.6 Å². The monoisotopic (exact) mass is 521 g/mol. The molecule has 1 saturated heterocycles. The molecule has 0 saturated carbocycles. The average molecular weight is 522 g/mol. The maximum absolute atomic E-state index is 12.9. The van der Waals surface area contributed by atoms with Crippen LogP contribution in [0.25, 0.3) is 0 Å². The lowest BCUT2D eigenvalue weighted by Gasteiger charge is -2.41. The highest BCUT2D eigenvalue weighted by Crippen LogP contribution is 2.21. The van der Waals surface area contributed by atoms with Crippen LogP contribution in [0.1, 0.15) is 70.0 Å². The smallest absolute Gasteiger partial charge is 0.276 e. The third-order valence-electron chi connectivity index (χ3n) is 6.73. The minimum atomic E-state index is -0.499. The van der Waals surface area contributed by atoms with Crippen LogP contribution in [0, 0.1) is 0 Å². The molecule has 0 atom stereocenters. The van der Waals surface area contributed by atoms with Crippen molar-refractivity contribution < 1.29 is 14.4 Å². The molecule has 2 heterocycles. The molecule has 1 fully saturated rings. The number of nitrogens with zero attached hydrogens (tertiary/aromatic N) is 2. The predicted octanol–water partition coefficient (Wildman–Crippen LogP) is 4.74. The Balaban J connectivity index is 1.34. The maximum Gasteiger partial charge on any atom is 0.276 e.